The zero-order chi connectivity index (χ0) is 14.2. The summed E-state index contributed by atoms with van der Waals surface area (Å²) in [5.41, 5.74) is 8.50. The van der Waals surface area contributed by atoms with Crippen molar-refractivity contribution >= 4 is 11.7 Å². The molecule has 0 spiro atoms. The van der Waals surface area contributed by atoms with Crippen LogP contribution >= 0.6 is 0 Å². The van der Waals surface area contributed by atoms with Gasteiger partial charge < -0.3 is 15.8 Å². The third-order valence-electron chi connectivity index (χ3n) is 3.98. The average molecular weight is 262 g/mol. The molecule has 1 aliphatic rings. The fourth-order valence-corrected chi connectivity index (χ4v) is 2.72. The van der Waals surface area contributed by atoms with Gasteiger partial charge in [0.05, 0.1) is 5.56 Å². The molecule has 0 bridgehead atoms. The van der Waals surface area contributed by atoms with Gasteiger partial charge in [-0.15, -0.1) is 0 Å². The van der Waals surface area contributed by atoms with E-state index in [4.69, 9.17) is 10.9 Å². The lowest BCUT2D eigenvalue weighted by molar-refractivity contribution is 0.318. The minimum absolute atomic E-state index is 0.132. The first-order chi connectivity index (χ1) is 8.93. The molecule has 1 fully saturated rings. The summed E-state index contributed by atoms with van der Waals surface area (Å²) < 4.78 is 0. The Morgan fingerprint density at radius 3 is 2.47 bits per heavy atom. The monoisotopic (exact) mass is 262 g/mol. The van der Waals surface area contributed by atoms with Crippen molar-refractivity contribution in [3.8, 4) is 0 Å². The summed E-state index contributed by atoms with van der Waals surface area (Å²) in [6.45, 7) is 10.3. The smallest absolute Gasteiger partial charge is 0.174 e. The molecule has 2 unspecified atom stereocenters. The molecule has 1 saturated heterocycles. The molecule has 0 amide bonds. The fourth-order valence-electron chi connectivity index (χ4n) is 2.72. The van der Waals surface area contributed by atoms with Gasteiger partial charge in [-0.25, -0.2) is 4.98 Å². The molecule has 2 atom stereocenters. The maximum atomic E-state index is 8.97. The standard InChI is InChI=1S/C14H22N4O/c1-8-5-11(4)16-14(12(8)13(15)17-19)18-6-9(2)10(3)7-18/h5,9-10,19H,6-7H2,1-4H3,(H2,15,17). The lowest BCUT2D eigenvalue weighted by atomic mass is 10.0. The minimum atomic E-state index is 0.132. The number of aromatic nitrogens is 1. The summed E-state index contributed by atoms with van der Waals surface area (Å²) in [5.74, 6) is 2.22. The van der Waals surface area contributed by atoms with Crippen molar-refractivity contribution in [2.45, 2.75) is 27.7 Å². The number of hydrogen-bond donors (Lipinski definition) is 2. The van der Waals surface area contributed by atoms with Gasteiger partial charge >= 0.3 is 0 Å². The van der Waals surface area contributed by atoms with Crippen LogP contribution in [0.4, 0.5) is 5.82 Å². The number of amidine groups is 1. The lowest BCUT2D eigenvalue weighted by Crippen LogP contribution is -2.27. The predicted molar refractivity (Wildman–Crippen MR) is 76.8 cm³/mol. The average Bonchev–Trinajstić information content (AvgIpc) is 2.68. The van der Waals surface area contributed by atoms with E-state index in [1.165, 1.54) is 0 Å². The molecule has 2 rings (SSSR count). The van der Waals surface area contributed by atoms with E-state index in [-0.39, 0.29) is 5.84 Å². The topological polar surface area (TPSA) is 74.7 Å². The van der Waals surface area contributed by atoms with Crippen LogP contribution in [0.1, 0.15) is 30.7 Å². The van der Waals surface area contributed by atoms with Crippen LogP contribution in [0, 0.1) is 25.7 Å². The van der Waals surface area contributed by atoms with E-state index in [0.29, 0.717) is 11.8 Å². The first-order valence-corrected chi connectivity index (χ1v) is 6.65. The van der Waals surface area contributed by atoms with E-state index in [2.05, 4.69) is 28.9 Å². The number of nitrogens with zero attached hydrogens (tertiary/aromatic N) is 3. The zero-order valence-corrected chi connectivity index (χ0v) is 12.0. The summed E-state index contributed by atoms with van der Waals surface area (Å²) in [7, 11) is 0. The van der Waals surface area contributed by atoms with Crippen LogP contribution in [0.5, 0.6) is 0 Å². The van der Waals surface area contributed by atoms with Gasteiger partial charge in [-0.05, 0) is 37.3 Å². The Balaban J connectivity index is 2.50. The molecular weight excluding hydrogens is 240 g/mol. The van der Waals surface area contributed by atoms with E-state index < -0.39 is 0 Å². The van der Waals surface area contributed by atoms with Crippen molar-refractivity contribution in [2.24, 2.45) is 22.7 Å². The van der Waals surface area contributed by atoms with Gasteiger partial charge in [-0.3, -0.25) is 0 Å². The van der Waals surface area contributed by atoms with Crippen molar-refractivity contribution in [1.29, 1.82) is 0 Å². The van der Waals surface area contributed by atoms with E-state index in [9.17, 15) is 0 Å². The van der Waals surface area contributed by atoms with Crippen molar-refractivity contribution in [3.63, 3.8) is 0 Å². The Labute approximate surface area is 114 Å². The normalized spacial score (nSPS) is 24.0. The molecule has 5 nitrogen and oxygen atoms in total. The van der Waals surface area contributed by atoms with Gasteiger partial charge in [-0.1, -0.05) is 19.0 Å². The Morgan fingerprint density at radius 2 is 1.95 bits per heavy atom. The van der Waals surface area contributed by atoms with Crippen LogP contribution in [0.3, 0.4) is 0 Å². The SMILES string of the molecule is Cc1cc(C)c(C(N)=NO)c(N2CC(C)C(C)C2)n1. The number of rotatable bonds is 2. The molecular formula is C14H22N4O. The number of nitrogens with two attached hydrogens (primary N) is 1. The van der Waals surface area contributed by atoms with Gasteiger partial charge in [0, 0.05) is 18.8 Å². The molecule has 1 aromatic rings. The van der Waals surface area contributed by atoms with Crippen LogP contribution < -0.4 is 10.6 Å². The molecule has 1 aromatic heterocycles. The number of oxime groups is 1. The van der Waals surface area contributed by atoms with Crippen LogP contribution in [0.25, 0.3) is 0 Å². The quantitative estimate of drug-likeness (QED) is 0.369. The van der Waals surface area contributed by atoms with Crippen molar-refractivity contribution < 1.29 is 5.21 Å². The zero-order valence-electron chi connectivity index (χ0n) is 12.0. The largest absolute Gasteiger partial charge is 0.409 e. The highest BCUT2D eigenvalue weighted by Crippen LogP contribution is 2.30. The number of hydrogen-bond acceptors (Lipinski definition) is 4. The summed E-state index contributed by atoms with van der Waals surface area (Å²) in [6.07, 6.45) is 0. The molecule has 0 aromatic carbocycles. The summed E-state index contributed by atoms with van der Waals surface area (Å²) in [5, 5.41) is 12.1. The lowest BCUT2D eigenvalue weighted by Gasteiger charge is -2.22. The van der Waals surface area contributed by atoms with Gasteiger partial charge in [0.15, 0.2) is 5.84 Å². The van der Waals surface area contributed by atoms with Crippen molar-refractivity contribution in [3.05, 3.63) is 22.9 Å². The summed E-state index contributed by atoms with van der Waals surface area (Å²) in [4.78, 5) is 6.85. The molecule has 3 N–H and O–H groups in total. The maximum absolute atomic E-state index is 8.97. The molecule has 5 heteroatoms. The van der Waals surface area contributed by atoms with Crippen LogP contribution in [0.2, 0.25) is 0 Å². The molecule has 0 saturated carbocycles. The molecule has 0 radical (unpaired) electrons. The predicted octanol–water partition coefficient (Wildman–Crippen LogP) is 1.89. The van der Waals surface area contributed by atoms with E-state index in [0.717, 1.165) is 35.7 Å². The van der Waals surface area contributed by atoms with E-state index in [1.54, 1.807) is 0 Å². The van der Waals surface area contributed by atoms with Crippen LogP contribution in [-0.4, -0.2) is 29.1 Å². The third kappa shape index (κ3) is 2.50. The Hall–Kier alpha value is -1.78. The maximum Gasteiger partial charge on any atom is 0.174 e. The Morgan fingerprint density at radius 1 is 1.37 bits per heavy atom. The second-order valence-corrected chi connectivity index (χ2v) is 5.62. The highest BCUT2D eigenvalue weighted by Gasteiger charge is 2.29. The molecule has 2 heterocycles. The van der Waals surface area contributed by atoms with E-state index in [1.807, 2.05) is 19.9 Å². The van der Waals surface area contributed by atoms with E-state index >= 15 is 0 Å². The molecule has 0 aliphatic carbocycles. The number of anilines is 1. The van der Waals surface area contributed by atoms with Crippen molar-refractivity contribution in [1.82, 2.24) is 4.98 Å². The second kappa shape index (κ2) is 5.07. The van der Waals surface area contributed by atoms with Gasteiger partial charge in [0.25, 0.3) is 0 Å². The Kier molecular flexibility index (Phi) is 3.64. The fraction of sp³-hybridized carbons (Fsp3) is 0.571. The molecule has 104 valence electrons. The second-order valence-electron chi connectivity index (χ2n) is 5.62. The highest BCUT2D eigenvalue weighted by molar-refractivity contribution is 6.02. The first kappa shape index (κ1) is 13.6. The number of pyridine rings is 1. The first-order valence-electron chi connectivity index (χ1n) is 6.65. The summed E-state index contributed by atoms with van der Waals surface area (Å²) >= 11 is 0. The highest BCUT2D eigenvalue weighted by atomic mass is 16.4. The summed E-state index contributed by atoms with van der Waals surface area (Å²) in [6, 6.07) is 1.96. The minimum Gasteiger partial charge on any atom is -0.409 e. The van der Waals surface area contributed by atoms with Crippen LogP contribution in [-0.2, 0) is 0 Å². The van der Waals surface area contributed by atoms with Gasteiger partial charge in [0.2, 0.25) is 0 Å². The molecule has 1 aliphatic heterocycles. The Bertz CT molecular complexity index is 502. The van der Waals surface area contributed by atoms with Gasteiger partial charge in [-0.2, -0.15) is 0 Å². The number of aryl methyl sites for hydroxylation is 2. The molecule has 19 heavy (non-hydrogen) atoms. The van der Waals surface area contributed by atoms with Crippen LogP contribution in [0.15, 0.2) is 11.2 Å². The van der Waals surface area contributed by atoms with Crippen molar-refractivity contribution in [2.75, 3.05) is 18.0 Å². The third-order valence-corrected chi connectivity index (χ3v) is 3.98. The van der Waals surface area contributed by atoms with Gasteiger partial charge in [0.1, 0.15) is 5.82 Å².